The second-order valence-corrected chi connectivity index (χ2v) is 5.19. The molecular weight excluding hydrogens is 284 g/mol. The number of hydrogen-bond acceptors (Lipinski definition) is 3. The highest BCUT2D eigenvalue weighted by Gasteiger charge is 2.13. The van der Waals surface area contributed by atoms with E-state index in [0.717, 1.165) is 28.2 Å². The first-order valence-corrected chi connectivity index (χ1v) is 7.17. The zero-order valence-electron chi connectivity index (χ0n) is 11.5. The van der Waals surface area contributed by atoms with Gasteiger partial charge in [0.1, 0.15) is 11.3 Å². The van der Waals surface area contributed by atoms with Crippen LogP contribution in [0, 0.1) is 18.3 Å². The average molecular weight is 297 g/mol. The molecule has 0 spiro atoms. The predicted octanol–water partition coefficient (Wildman–Crippen LogP) is 3.38. The Balaban J connectivity index is 2.22. The van der Waals surface area contributed by atoms with E-state index in [4.69, 9.17) is 16.9 Å². The van der Waals surface area contributed by atoms with Crippen LogP contribution < -0.4 is 0 Å². The number of benzene rings is 1. The maximum Gasteiger partial charge on any atom is 0.164 e. The van der Waals surface area contributed by atoms with Crippen LogP contribution >= 0.6 is 11.6 Å². The average Bonchev–Trinajstić information content (AvgIpc) is 2.85. The van der Waals surface area contributed by atoms with Gasteiger partial charge >= 0.3 is 0 Å². The molecule has 0 unspecified atom stereocenters. The van der Waals surface area contributed by atoms with Crippen LogP contribution in [0.15, 0.2) is 36.5 Å². The van der Waals surface area contributed by atoms with E-state index in [1.54, 1.807) is 12.1 Å². The number of pyridine rings is 1. The van der Waals surface area contributed by atoms with E-state index in [9.17, 15) is 0 Å². The molecule has 0 aliphatic heterocycles. The largest absolute Gasteiger partial charge is 0.281 e. The fourth-order valence-corrected chi connectivity index (χ4v) is 2.49. The molecule has 0 amide bonds. The van der Waals surface area contributed by atoms with Gasteiger partial charge in [0.15, 0.2) is 5.65 Å². The molecule has 0 saturated heterocycles. The van der Waals surface area contributed by atoms with Crippen LogP contribution in [-0.4, -0.2) is 20.4 Å². The molecule has 0 aliphatic carbocycles. The first kappa shape index (κ1) is 13.6. The number of aromatic nitrogens is 3. The lowest BCUT2D eigenvalue weighted by atomic mass is 10.2. The van der Waals surface area contributed by atoms with Gasteiger partial charge in [-0.05, 0) is 42.8 Å². The summed E-state index contributed by atoms with van der Waals surface area (Å²) in [4.78, 5) is 9.13. The number of halogens is 1. The molecule has 5 heteroatoms. The van der Waals surface area contributed by atoms with Crippen molar-refractivity contribution in [3.63, 3.8) is 0 Å². The highest BCUT2D eigenvalue weighted by molar-refractivity contribution is 6.17. The van der Waals surface area contributed by atoms with Crippen molar-refractivity contribution >= 4 is 22.8 Å². The van der Waals surface area contributed by atoms with Crippen LogP contribution in [0.3, 0.4) is 0 Å². The number of nitriles is 1. The van der Waals surface area contributed by atoms with E-state index in [1.165, 1.54) is 0 Å². The molecule has 4 nitrogen and oxygen atoms in total. The number of imidazole rings is 1. The Hall–Kier alpha value is -2.38. The number of aryl methyl sites for hydroxylation is 2. The van der Waals surface area contributed by atoms with E-state index in [2.05, 4.69) is 16.0 Å². The van der Waals surface area contributed by atoms with Gasteiger partial charge in [-0.1, -0.05) is 0 Å². The molecule has 0 saturated carbocycles. The third-order valence-corrected chi connectivity index (χ3v) is 3.47. The number of nitrogens with zero attached hydrogens (tertiary/aromatic N) is 4. The second kappa shape index (κ2) is 5.55. The van der Waals surface area contributed by atoms with Crippen molar-refractivity contribution in [3.8, 4) is 11.8 Å². The summed E-state index contributed by atoms with van der Waals surface area (Å²) >= 11 is 5.89. The lowest BCUT2D eigenvalue weighted by Crippen LogP contribution is -2.03. The zero-order chi connectivity index (χ0) is 14.8. The standard InChI is InChI=1S/C16H13ClN4/c1-11-8-14-16(19-10-11)21(15(20-14)6-7-17)13-4-2-12(9-18)3-5-13/h2-5,8,10H,6-7H2,1H3. The fourth-order valence-electron chi connectivity index (χ4n) is 2.32. The van der Waals surface area contributed by atoms with Gasteiger partial charge in [0, 0.05) is 24.2 Å². The Morgan fingerprint density at radius 3 is 2.71 bits per heavy atom. The first-order valence-electron chi connectivity index (χ1n) is 6.63. The molecule has 0 fully saturated rings. The molecule has 21 heavy (non-hydrogen) atoms. The molecule has 0 aliphatic rings. The summed E-state index contributed by atoms with van der Waals surface area (Å²) in [5.74, 6) is 1.38. The van der Waals surface area contributed by atoms with Gasteiger partial charge in [-0.15, -0.1) is 11.6 Å². The lowest BCUT2D eigenvalue weighted by molar-refractivity contribution is 0.905. The van der Waals surface area contributed by atoms with Crippen LogP contribution in [0.1, 0.15) is 17.0 Å². The Labute approximate surface area is 127 Å². The van der Waals surface area contributed by atoms with Crippen LogP contribution in [0.25, 0.3) is 16.9 Å². The second-order valence-electron chi connectivity index (χ2n) is 4.82. The van der Waals surface area contributed by atoms with Crippen LogP contribution in [-0.2, 0) is 6.42 Å². The highest BCUT2D eigenvalue weighted by atomic mass is 35.5. The molecule has 0 N–H and O–H groups in total. The van der Waals surface area contributed by atoms with Crippen molar-refractivity contribution in [1.29, 1.82) is 5.26 Å². The monoisotopic (exact) mass is 296 g/mol. The van der Waals surface area contributed by atoms with E-state index in [0.29, 0.717) is 17.9 Å². The van der Waals surface area contributed by atoms with Gasteiger partial charge < -0.3 is 0 Å². The van der Waals surface area contributed by atoms with Gasteiger partial charge in [0.25, 0.3) is 0 Å². The Bertz CT molecular complexity index is 828. The number of fused-ring (bicyclic) bond motifs is 1. The third-order valence-electron chi connectivity index (χ3n) is 3.28. The minimum absolute atomic E-state index is 0.499. The Kier molecular flexibility index (Phi) is 3.59. The summed E-state index contributed by atoms with van der Waals surface area (Å²) < 4.78 is 2.00. The number of hydrogen-bond donors (Lipinski definition) is 0. The smallest absolute Gasteiger partial charge is 0.164 e. The third kappa shape index (κ3) is 2.48. The van der Waals surface area contributed by atoms with Crippen molar-refractivity contribution in [3.05, 3.63) is 53.5 Å². The normalized spacial score (nSPS) is 10.7. The molecule has 104 valence electrons. The van der Waals surface area contributed by atoms with Crippen molar-refractivity contribution in [1.82, 2.24) is 14.5 Å². The van der Waals surface area contributed by atoms with E-state index in [-0.39, 0.29) is 0 Å². The molecular formula is C16H13ClN4. The molecule has 0 radical (unpaired) electrons. The molecule has 0 bridgehead atoms. The molecule has 0 atom stereocenters. The van der Waals surface area contributed by atoms with Crippen molar-refractivity contribution in [2.45, 2.75) is 13.3 Å². The minimum atomic E-state index is 0.499. The van der Waals surface area contributed by atoms with Gasteiger partial charge in [-0.2, -0.15) is 5.26 Å². The SMILES string of the molecule is Cc1cnc2c(c1)nc(CCCl)n2-c1ccc(C#N)cc1. The van der Waals surface area contributed by atoms with E-state index >= 15 is 0 Å². The van der Waals surface area contributed by atoms with Gasteiger partial charge in [0.05, 0.1) is 11.6 Å². The quantitative estimate of drug-likeness (QED) is 0.696. The molecule has 2 aromatic heterocycles. The maximum atomic E-state index is 8.90. The van der Waals surface area contributed by atoms with Gasteiger partial charge in [-0.25, -0.2) is 9.97 Å². The van der Waals surface area contributed by atoms with Crippen molar-refractivity contribution in [2.75, 3.05) is 5.88 Å². The molecule has 2 heterocycles. The molecule has 3 aromatic rings. The number of rotatable bonds is 3. The minimum Gasteiger partial charge on any atom is -0.281 e. The summed E-state index contributed by atoms with van der Waals surface area (Å²) in [6.07, 6.45) is 2.49. The summed E-state index contributed by atoms with van der Waals surface area (Å²) in [5.41, 5.74) is 4.31. The Morgan fingerprint density at radius 2 is 2.05 bits per heavy atom. The first-order chi connectivity index (χ1) is 10.2. The summed E-state index contributed by atoms with van der Waals surface area (Å²) in [7, 11) is 0. The van der Waals surface area contributed by atoms with Crippen molar-refractivity contribution in [2.24, 2.45) is 0 Å². The topological polar surface area (TPSA) is 54.5 Å². The molecule has 1 aromatic carbocycles. The van der Waals surface area contributed by atoms with Crippen LogP contribution in [0.2, 0.25) is 0 Å². The highest BCUT2D eigenvalue weighted by Crippen LogP contribution is 2.21. The summed E-state index contributed by atoms with van der Waals surface area (Å²) in [6.45, 7) is 1.99. The summed E-state index contributed by atoms with van der Waals surface area (Å²) in [6, 6.07) is 11.5. The molecule has 3 rings (SSSR count). The maximum absolute atomic E-state index is 8.90. The number of alkyl halides is 1. The van der Waals surface area contributed by atoms with E-state index in [1.807, 2.05) is 35.9 Å². The zero-order valence-corrected chi connectivity index (χ0v) is 12.3. The van der Waals surface area contributed by atoms with Crippen LogP contribution in [0.4, 0.5) is 0 Å². The van der Waals surface area contributed by atoms with Gasteiger partial charge in [0.2, 0.25) is 0 Å². The van der Waals surface area contributed by atoms with Gasteiger partial charge in [-0.3, -0.25) is 4.57 Å². The Morgan fingerprint density at radius 1 is 1.29 bits per heavy atom. The predicted molar refractivity (Wildman–Crippen MR) is 82.7 cm³/mol. The fraction of sp³-hybridized carbons (Fsp3) is 0.188. The van der Waals surface area contributed by atoms with Crippen molar-refractivity contribution < 1.29 is 0 Å². The lowest BCUT2D eigenvalue weighted by Gasteiger charge is -2.08. The summed E-state index contributed by atoms with van der Waals surface area (Å²) in [5, 5.41) is 8.90. The van der Waals surface area contributed by atoms with E-state index < -0.39 is 0 Å². The van der Waals surface area contributed by atoms with Crippen LogP contribution in [0.5, 0.6) is 0 Å².